The van der Waals surface area contributed by atoms with E-state index in [2.05, 4.69) is 0 Å². The minimum Gasteiger partial charge on any atom is -0.482 e. The van der Waals surface area contributed by atoms with Crippen molar-refractivity contribution in [2.24, 2.45) is 0 Å². The maximum Gasteiger partial charge on any atom is 0.344 e. The van der Waals surface area contributed by atoms with Crippen molar-refractivity contribution in [1.29, 1.82) is 0 Å². The quantitative estimate of drug-likeness (QED) is 0.492. The van der Waals surface area contributed by atoms with E-state index < -0.39 is 28.6 Å². The molecule has 0 aliphatic rings. The van der Waals surface area contributed by atoms with E-state index in [1.165, 1.54) is 0 Å². The standard InChI is InChI=1S/C27H36O6/c1-25(2,3)32-23(28)17-30-21-15-11-9-13-19(21)27(7,8)20-14-10-12-16-22(20)31-18-24(29)33-26(4,5)6/h9-16H,17-18H2,1-8H3. The first kappa shape index (κ1) is 26.2. The lowest BCUT2D eigenvalue weighted by Gasteiger charge is -2.30. The van der Waals surface area contributed by atoms with E-state index in [0.29, 0.717) is 11.5 Å². The molecule has 0 saturated carbocycles. The minimum atomic E-state index is -0.580. The van der Waals surface area contributed by atoms with Crippen LogP contribution in [0, 0.1) is 0 Å². The number of hydrogen-bond acceptors (Lipinski definition) is 6. The van der Waals surface area contributed by atoms with Crippen molar-refractivity contribution < 1.29 is 28.5 Å². The highest BCUT2D eigenvalue weighted by molar-refractivity contribution is 5.72. The highest BCUT2D eigenvalue weighted by Gasteiger charge is 2.30. The number of carbonyl (C=O) groups is 2. The van der Waals surface area contributed by atoms with Crippen molar-refractivity contribution in [2.45, 2.75) is 72.0 Å². The van der Waals surface area contributed by atoms with E-state index in [-0.39, 0.29) is 13.2 Å². The van der Waals surface area contributed by atoms with Gasteiger partial charge in [0, 0.05) is 16.5 Å². The fraction of sp³-hybridized carbons (Fsp3) is 0.481. The number of hydrogen-bond donors (Lipinski definition) is 0. The van der Waals surface area contributed by atoms with Gasteiger partial charge in [0.2, 0.25) is 0 Å². The predicted molar refractivity (Wildman–Crippen MR) is 128 cm³/mol. The molecule has 33 heavy (non-hydrogen) atoms. The van der Waals surface area contributed by atoms with Crippen molar-refractivity contribution in [3.63, 3.8) is 0 Å². The molecule has 0 saturated heterocycles. The Hall–Kier alpha value is -3.02. The summed E-state index contributed by atoms with van der Waals surface area (Å²) in [6, 6.07) is 15.1. The molecule has 0 atom stereocenters. The topological polar surface area (TPSA) is 71.1 Å². The first-order valence-corrected chi connectivity index (χ1v) is 11.1. The molecular weight excluding hydrogens is 420 g/mol. The lowest BCUT2D eigenvalue weighted by molar-refractivity contribution is -0.158. The largest absolute Gasteiger partial charge is 0.482 e. The first-order chi connectivity index (χ1) is 15.2. The molecule has 0 aliphatic heterocycles. The van der Waals surface area contributed by atoms with Crippen LogP contribution in [0.15, 0.2) is 48.5 Å². The van der Waals surface area contributed by atoms with Crippen LogP contribution in [0.25, 0.3) is 0 Å². The van der Waals surface area contributed by atoms with Crippen LogP contribution in [0.4, 0.5) is 0 Å². The Labute approximate surface area is 197 Å². The number of esters is 2. The Morgan fingerprint density at radius 1 is 0.606 bits per heavy atom. The maximum absolute atomic E-state index is 12.2. The molecule has 2 aromatic rings. The van der Waals surface area contributed by atoms with Gasteiger partial charge in [-0.25, -0.2) is 9.59 Å². The molecule has 0 N–H and O–H groups in total. The molecule has 0 amide bonds. The second kappa shape index (κ2) is 10.3. The number of para-hydroxylation sites is 2. The zero-order valence-electron chi connectivity index (χ0n) is 21.0. The summed E-state index contributed by atoms with van der Waals surface area (Å²) in [5.41, 5.74) is 0.0475. The monoisotopic (exact) mass is 456 g/mol. The molecule has 2 aromatic carbocycles. The zero-order valence-corrected chi connectivity index (χ0v) is 21.0. The van der Waals surface area contributed by atoms with Gasteiger partial charge in [0.15, 0.2) is 13.2 Å². The van der Waals surface area contributed by atoms with Gasteiger partial charge in [-0.05, 0) is 53.7 Å². The molecule has 0 radical (unpaired) electrons. The van der Waals surface area contributed by atoms with E-state index in [9.17, 15) is 9.59 Å². The van der Waals surface area contributed by atoms with E-state index in [1.807, 2.05) is 104 Å². The second-order valence-electron chi connectivity index (χ2n) is 10.4. The summed E-state index contributed by atoms with van der Waals surface area (Å²) < 4.78 is 22.4. The van der Waals surface area contributed by atoms with Crippen LogP contribution in [-0.4, -0.2) is 36.4 Å². The lowest BCUT2D eigenvalue weighted by Crippen LogP contribution is -2.29. The van der Waals surface area contributed by atoms with Gasteiger partial charge in [-0.3, -0.25) is 0 Å². The third-order valence-electron chi connectivity index (χ3n) is 4.65. The van der Waals surface area contributed by atoms with Crippen LogP contribution in [0.3, 0.4) is 0 Å². The first-order valence-electron chi connectivity index (χ1n) is 11.1. The van der Waals surface area contributed by atoms with Crippen LogP contribution >= 0.6 is 0 Å². The van der Waals surface area contributed by atoms with Gasteiger partial charge in [0.05, 0.1) is 0 Å². The summed E-state index contributed by atoms with van der Waals surface area (Å²) in [6.07, 6.45) is 0. The van der Waals surface area contributed by atoms with Crippen LogP contribution in [0.2, 0.25) is 0 Å². The minimum absolute atomic E-state index is 0.193. The highest BCUT2D eigenvalue weighted by Crippen LogP contribution is 2.41. The van der Waals surface area contributed by atoms with Crippen molar-refractivity contribution in [1.82, 2.24) is 0 Å². The van der Waals surface area contributed by atoms with Gasteiger partial charge < -0.3 is 18.9 Å². The van der Waals surface area contributed by atoms with Crippen LogP contribution in [0.5, 0.6) is 11.5 Å². The summed E-state index contributed by atoms with van der Waals surface area (Å²) in [6.45, 7) is 14.6. The van der Waals surface area contributed by atoms with E-state index in [4.69, 9.17) is 18.9 Å². The third kappa shape index (κ3) is 8.12. The van der Waals surface area contributed by atoms with E-state index in [1.54, 1.807) is 0 Å². The van der Waals surface area contributed by atoms with Crippen LogP contribution < -0.4 is 9.47 Å². The van der Waals surface area contributed by atoms with Gasteiger partial charge in [0.25, 0.3) is 0 Å². The maximum atomic E-state index is 12.2. The fourth-order valence-corrected chi connectivity index (χ4v) is 3.38. The van der Waals surface area contributed by atoms with Gasteiger partial charge in [0.1, 0.15) is 22.7 Å². The van der Waals surface area contributed by atoms with E-state index >= 15 is 0 Å². The number of rotatable bonds is 8. The lowest BCUT2D eigenvalue weighted by atomic mass is 9.77. The molecule has 2 rings (SSSR count). The second-order valence-corrected chi connectivity index (χ2v) is 10.4. The van der Waals surface area contributed by atoms with Crippen LogP contribution in [-0.2, 0) is 24.5 Å². The smallest absolute Gasteiger partial charge is 0.344 e. The Bertz CT molecular complexity index is 886. The SMILES string of the molecule is CC(C)(C)OC(=O)COc1ccccc1C(C)(C)c1ccccc1OCC(=O)OC(C)(C)C. The molecule has 0 aliphatic carbocycles. The molecule has 0 fully saturated rings. The van der Waals surface area contributed by atoms with Crippen molar-refractivity contribution in [2.75, 3.05) is 13.2 Å². The normalized spacial score (nSPS) is 12.1. The summed E-state index contributed by atoms with van der Waals surface area (Å²) in [4.78, 5) is 24.3. The molecule has 0 spiro atoms. The number of ether oxygens (including phenoxy) is 4. The predicted octanol–water partition coefficient (Wildman–Crippen LogP) is 5.45. The van der Waals surface area contributed by atoms with Gasteiger partial charge >= 0.3 is 11.9 Å². The third-order valence-corrected chi connectivity index (χ3v) is 4.65. The van der Waals surface area contributed by atoms with Gasteiger partial charge in [-0.1, -0.05) is 50.2 Å². The molecule has 0 unspecified atom stereocenters. The van der Waals surface area contributed by atoms with Crippen LogP contribution in [0.1, 0.15) is 66.5 Å². The van der Waals surface area contributed by atoms with Gasteiger partial charge in [-0.15, -0.1) is 0 Å². The summed E-state index contributed by atoms with van der Waals surface area (Å²) >= 11 is 0. The molecule has 6 nitrogen and oxygen atoms in total. The molecule has 180 valence electrons. The zero-order chi connectivity index (χ0) is 24.9. The van der Waals surface area contributed by atoms with Gasteiger partial charge in [-0.2, -0.15) is 0 Å². The summed E-state index contributed by atoms with van der Waals surface area (Å²) in [5, 5.41) is 0. The molecule has 0 aromatic heterocycles. The highest BCUT2D eigenvalue weighted by atomic mass is 16.6. The molecule has 0 bridgehead atoms. The molecule has 0 heterocycles. The Balaban J connectivity index is 2.25. The Morgan fingerprint density at radius 2 is 0.939 bits per heavy atom. The van der Waals surface area contributed by atoms with Crippen molar-refractivity contribution in [3.8, 4) is 11.5 Å². The fourth-order valence-electron chi connectivity index (χ4n) is 3.38. The average Bonchev–Trinajstić information content (AvgIpc) is 2.68. The summed E-state index contributed by atoms with van der Waals surface area (Å²) in [7, 11) is 0. The number of benzene rings is 2. The molecule has 6 heteroatoms. The molecular formula is C27H36O6. The van der Waals surface area contributed by atoms with Crippen molar-refractivity contribution >= 4 is 11.9 Å². The number of carbonyl (C=O) groups excluding carboxylic acids is 2. The Morgan fingerprint density at radius 3 is 1.27 bits per heavy atom. The van der Waals surface area contributed by atoms with Crippen molar-refractivity contribution in [3.05, 3.63) is 59.7 Å². The Kier molecular flexibility index (Phi) is 8.17. The average molecular weight is 457 g/mol. The van der Waals surface area contributed by atoms with E-state index in [0.717, 1.165) is 11.1 Å². The summed E-state index contributed by atoms with van der Waals surface area (Å²) in [5.74, 6) is 0.290.